The molecule has 1 amide bonds. The minimum absolute atomic E-state index is 0.0145. The van der Waals surface area contributed by atoms with Crippen molar-refractivity contribution >= 4 is 17.7 Å². The number of amides is 1. The smallest absolute Gasteiger partial charge is 0.230 e. The normalized spacial score (nSPS) is 14.3. The van der Waals surface area contributed by atoms with Gasteiger partial charge in [-0.25, -0.2) is 0 Å². The van der Waals surface area contributed by atoms with Gasteiger partial charge in [0.05, 0.1) is 24.7 Å². The Morgan fingerprint density at radius 2 is 1.61 bits per heavy atom. The SMILES string of the molecule is O=C(CSc1ccc(-c2ccc(-c3ccccc3)cc2)nn1)NCCN1CCOCC1. The summed E-state index contributed by atoms with van der Waals surface area (Å²) in [5.74, 6) is 0.351. The van der Waals surface area contributed by atoms with Gasteiger partial charge in [-0.3, -0.25) is 9.69 Å². The van der Waals surface area contributed by atoms with E-state index in [1.807, 2.05) is 30.3 Å². The topological polar surface area (TPSA) is 67.4 Å². The molecule has 1 saturated heterocycles. The van der Waals surface area contributed by atoms with Gasteiger partial charge in [-0.2, -0.15) is 0 Å². The molecule has 160 valence electrons. The molecule has 1 aliphatic heterocycles. The maximum absolute atomic E-state index is 12.1. The highest BCUT2D eigenvalue weighted by Crippen LogP contribution is 2.24. The highest BCUT2D eigenvalue weighted by atomic mass is 32.2. The van der Waals surface area contributed by atoms with E-state index in [4.69, 9.17) is 4.74 Å². The van der Waals surface area contributed by atoms with Crippen LogP contribution in [0.1, 0.15) is 0 Å². The molecule has 0 saturated carbocycles. The van der Waals surface area contributed by atoms with Crippen LogP contribution in [0.15, 0.2) is 71.8 Å². The van der Waals surface area contributed by atoms with E-state index in [1.165, 1.54) is 22.9 Å². The fourth-order valence-electron chi connectivity index (χ4n) is 3.38. The monoisotopic (exact) mass is 434 g/mol. The number of aromatic nitrogens is 2. The number of ether oxygens (including phenoxy) is 1. The number of nitrogens with zero attached hydrogens (tertiary/aromatic N) is 3. The van der Waals surface area contributed by atoms with Crippen LogP contribution >= 0.6 is 11.8 Å². The Bertz CT molecular complexity index is 959. The lowest BCUT2D eigenvalue weighted by molar-refractivity contribution is -0.118. The predicted molar refractivity (Wildman–Crippen MR) is 124 cm³/mol. The van der Waals surface area contributed by atoms with Crippen LogP contribution in [0.4, 0.5) is 0 Å². The van der Waals surface area contributed by atoms with Crippen LogP contribution in [0.3, 0.4) is 0 Å². The van der Waals surface area contributed by atoms with E-state index in [0.717, 1.165) is 49.1 Å². The molecule has 1 fully saturated rings. The zero-order chi connectivity index (χ0) is 21.3. The quantitative estimate of drug-likeness (QED) is 0.549. The van der Waals surface area contributed by atoms with E-state index < -0.39 is 0 Å². The van der Waals surface area contributed by atoms with Crippen LogP contribution in [0.2, 0.25) is 0 Å². The average molecular weight is 435 g/mol. The highest BCUT2D eigenvalue weighted by Gasteiger charge is 2.11. The number of carbonyl (C=O) groups excluding carboxylic acids is 1. The van der Waals surface area contributed by atoms with E-state index in [0.29, 0.717) is 12.3 Å². The summed E-state index contributed by atoms with van der Waals surface area (Å²) in [7, 11) is 0. The predicted octanol–water partition coefficient (Wildman–Crippen LogP) is 3.35. The molecule has 2 aromatic carbocycles. The molecule has 31 heavy (non-hydrogen) atoms. The van der Waals surface area contributed by atoms with Crippen molar-refractivity contribution in [3.05, 3.63) is 66.7 Å². The molecule has 0 radical (unpaired) electrons. The molecule has 0 unspecified atom stereocenters. The number of hydrogen-bond donors (Lipinski definition) is 1. The molecule has 1 aliphatic rings. The molecule has 6 nitrogen and oxygen atoms in total. The van der Waals surface area contributed by atoms with E-state index in [2.05, 4.69) is 56.8 Å². The number of carbonyl (C=O) groups is 1. The van der Waals surface area contributed by atoms with Gasteiger partial charge in [-0.1, -0.05) is 66.4 Å². The van der Waals surface area contributed by atoms with Crippen LogP contribution in [-0.4, -0.2) is 66.2 Å². The maximum Gasteiger partial charge on any atom is 0.230 e. The highest BCUT2D eigenvalue weighted by molar-refractivity contribution is 7.99. The minimum atomic E-state index is 0.0145. The average Bonchev–Trinajstić information content (AvgIpc) is 2.84. The third-order valence-electron chi connectivity index (χ3n) is 5.13. The minimum Gasteiger partial charge on any atom is -0.379 e. The third kappa shape index (κ3) is 6.37. The number of nitrogens with one attached hydrogen (secondary N) is 1. The van der Waals surface area contributed by atoms with Crippen molar-refractivity contribution in [2.45, 2.75) is 5.03 Å². The summed E-state index contributed by atoms with van der Waals surface area (Å²) < 4.78 is 5.33. The Balaban J connectivity index is 1.24. The van der Waals surface area contributed by atoms with Gasteiger partial charge in [0, 0.05) is 31.7 Å². The number of rotatable bonds is 8. The fourth-order valence-corrected chi connectivity index (χ4v) is 4.03. The van der Waals surface area contributed by atoms with Crippen molar-refractivity contribution in [2.24, 2.45) is 0 Å². The van der Waals surface area contributed by atoms with E-state index >= 15 is 0 Å². The molecule has 0 bridgehead atoms. The van der Waals surface area contributed by atoms with Crippen LogP contribution in [0.5, 0.6) is 0 Å². The first kappa shape index (κ1) is 21.5. The van der Waals surface area contributed by atoms with Crippen LogP contribution in [-0.2, 0) is 9.53 Å². The number of morpholine rings is 1. The van der Waals surface area contributed by atoms with E-state index in [9.17, 15) is 4.79 Å². The molecule has 7 heteroatoms. The lowest BCUT2D eigenvalue weighted by atomic mass is 10.0. The van der Waals surface area contributed by atoms with Gasteiger partial charge in [0.1, 0.15) is 5.03 Å². The number of thioether (sulfide) groups is 1. The van der Waals surface area contributed by atoms with Gasteiger partial charge >= 0.3 is 0 Å². The second kappa shape index (κ2) is 11.0. The van der Waals surface area contributed by atoms with Crippen molar-refractivity contribution < 1.29 is 9.53 Å². The van der Waals surface area contributed by atoms with Gasteiger partial charge in [-0.05, 0) is 23.3 Å². The summed E-state index contributed by atoms with van der Waals surface area (Å²) >= 11 is 1.40. The number of benzene rings is 2. The van der Waals surface area contributed by atoms with Crippen LogP contribution in [0.25, 0.3) is 22.4 Å². The molecule has 2 heterocycles. The third-order valence-corrected chi connectivity index (χ3v) is 6.05. The lowest BCUT2D eigenvalue weighted by Crippen LogP contribution is -2.41. The summed E-state index contributed by atoms with van der Waals surface area (Å²) in [6.45, 7) is 4.93. The summed E-state index contributed by atoms with van der Waals surface area (Å²) in [4.78, 5) is 14.4. The van der Waals surface area contributed by atoms with Crippen molar-refractivity contribution in [1.29, 1.82) is 0 Å². The summed E-state index contributed by atoms with van der Waals surface area (Å²) in [6.07, 6.45) is 0. The van der Waals surface area contributed by atoms with Gasteiger partial charge in [0.15, 0.2) is 0 Å². The molecule has 4 rings (SSSR count). The Morgan fingerprint density at radius 3 is 2.32 bits per heavy atom. The first-order valence-corrected chi connectivity index (χ1v) is 11.5. The fraction of sp³-hybridized carbons (Fsp3) is 0.292. The van der Waals surface area contributed by atoms with Crippen LogP contribution < -0.4 is 5.32 Å². The van der Waals surface area contributed by atoms with Crippen molar-refractivity contribution in [3.63, 3.8) is 0 Å². The Kier molecular flexibility index (Phi) is 7.65. The number of hydrogen-bond acceptors (Lipinski definition) is 6. The standard InChI is InChI=1S/C24H26N4O2S/c29-23(25-12-13-28-14-16-30-17-15-28)18-31-24-11-10-22(26-27-24)21-8-6-20(7-9-21)19-4-2-1-3-5-19/h1-11H,12-18H2,(H,25,29). The second-order valence-electron chi connectivity index (χ2n) is 7.29. The first-order chi connectivity index (χ1) is 15.3. The zero-order valence-corrected chi connectivity index (χ0v) is 18.2. The molecular weight excluding hydrogens is 408 g/mol. The molecule has 1 aromatic heterocycles. The van der Waals surface area contributed by atoms with E-state index in [1.54, 1.807) is 0 Å². The van der Waals surface area contributed by atoms with Gasteiger partial charge in [0.25, 0.3) is 0 Å². The molecule has 3 aromatic rings. The molecule has 0 atom stereocenters. The van der Waals surface area contributed by atoms with Gasteiger partial charge in [0.2, 0.25) is 5.91 Å². The lowest BCUT2D eigenvalue weighted by Gasteiger charge is -2.26. The first-order valence-electron chi connectivity index (χ1n) is 10.5. The zero-order valence-electron chi connectivity index (χ0n) is 17.4. The largest absolute Gasteiger partial charge is 0.379 e. The van der Waals surface area contributed by atoms with Crippen molar-refractivity contribution in [2.75, 3.05) is 45.1 Å². The van der Waals surface area contributed by atoms with Gasteiger partial charge in [-0.15, -0.1) is 10.2 Å². The van der Waals surface area contributed by atoms with Crippen molar-refractivity contribution in [3.8, 4) is 22.4 Å². The summed E-state index contributed by atoms with van der Waals surface area (Å²) in [6, 6.07) is 22.4. The maximum atomic E-state index is 12.1. The molecule has 1 N–H and O–H groups in total. The van der Waals surface area contributed by atoms with E-state index in [-0.39, 0.29) is 5.91 Å². The summed E-state index contributed by atoms with van der Waals surface area (Å²) in [5.41, 5.74) is 4.20. The van der Waals surface area contributed by atoms with Gasteiger partial charge < -0.3 is 10.1 Å². The van der Waals surface area contributed by atoms with Crippen molar-refractivity contribution in [1.82, 2.24) is 20.4 Å². The summed E-state index contributed by atoms with van der Waals surface area (Å²) in [5, 5.41) is 12.3. The van der Waals surface area contributed by atoms with Crippen LogP contribution in [0, 0.1) is 0 Å². The Labute approximate surface area is 187 Å². The molecular formula is C24H26N4O2S. The Morgan fingerprint density at radius 1 is 0.903 bits per heavy atom. The molecule has 0 spiro atoms. The Hall–Kier alpha value is -2.74. The second-order valence-corrected chi connectivity index (χ2v) is 8.29. The molecule has 0 aliphatic carbocycles.